The molecule has 0 spiro atoms. The highest BCUT2D eigenvalue weighted by atomic mass is 127. The Hall–Kier alpha value is -2.95. The molecule has 31 heavy (non-hydrogen) atoms. The largest absolute Gasteiger partial charge is 0.457 e. The molecular formula is C22H27IN6O2. The van der Waals surface area contributed by atoms with Gasteiger partial charge in [0.15, 0.2) is 5.96 Å². The molecule has 1 heterocycles. The summed E-state index contributed by atoms with van der Waals surface area (Å²) in [4.78, 5) is 21.2. The Morgan fingerprint density at radius 2 is 1.87 bits per heavy atom. The summed E-state index contributed by atoms with van der Waals surface area (Å²) < 4.78 is 7.12. The maximum atomic E-state index is 12.4. The first kappa shape index (κ1) is 24.3. The molecule has 1 aromatic heterocycles. The van der Waals surface area contributed by atoms with Crippen molar-refractivity contribution in [3.63, 3.8) is 0 Å². The van der Waals surface area contributed by atoms with E-state index in [4.69, 9.17) is 4.74 Å². The normalized spacial score (nSPS) is 10.8. The predicted octanol–water partition coefficient (Wildman–Crippen LogP) is 3.05. The van der Waals surface area contributed by atoms with Gasteiger partial charge in [-0.3, -0.25) is 4.68 Å². The molecule has 3 rings (SSSR count). The number of hydrogen-bond donors (Lipinski definition) is 2. The van der Waals surface area contributed by atoms with E-state index in [1.165, 1.54) is 6.33 Å². The highest BCUT2D eigenvalue weighted by Crippen LogP contribution is 2.10. The number of rotatable bonds is 8. The molecule has 0 amide bonds. The van der Waals surface area contributed by atoms with Crippen molar-refractivity contribution in [2.24, 2.45) is 12.0 Å². The van der Waals surface area contributed by atoms with Crippen molar-refractivity contribution in [1.29, 1.82) is 0 Å². The van der Waals surface area contributed by atoms with Crippen molar-refractivity contribution in [2.45, 2.75) is 26.6 Å². The van der Waals surface area contributed by atoms with E-state index in [-0.39, 0.29) is 36.6 Å². The van der Waals surface area contributed by atoms with Gasteiger partial charge in [-0.25, -0.2) is 14.8 Å². The van der Waals surface area contributed by atoms with Crippen LogP contribution in [0.15, 0.2) is 65.9 Å². The Morgan fingerprint density at radius 1 is 1.10 bits per heavy atom. The second-order valence-corrected chi connectivity index (χ2v) is 6.61. The van der Waals surface area contributed by atoms with Crippen molar-refractivity contribution < 1.29 is 9.53 Å². The summed E-state index contributed by atoms with van der Waals surface area (Å²) in [5, 5.41) is 10.5. The van der Waals surface area contributed by atoms with Gasteiger partial charge in [-0.2, -0.15) is 5.10 Å². The van der Waals surface area contributed by atoms with Crippen molar-refractivity contribution in [3.8, 4) is 0 Å². The topological polar surface area (TPSA) is 93.4 Å². The summed E-state index contributed by atoms with van der Waals surface area (Å²) in [5.41, 5.74) is 2.38. The molecule has 2 N–H and O–H groups in total. The summed E-state index contributed by atoms with van der Waals surface area (Å²) in [7, 11) is 1.84. The molecule has 0 aliphatic rings. The van der Waals surface area contributed by atoms with E-state index in [0.29, 0.717) is 24.6 Å². The summed E-state index contributed by atoms with van der Waals surface area (Å²) in [5.74, 6) is 1.12. The average molecular weight is 534 g/mol. The zero-order valence-electron chi connectivity index (χ0n) is 17.6. The Balaban J connectivity index is 0.00000341. The van der Waals surface area contributed by atoms with E-state index < -0.39 is 0 Å². The minimum Gasteiger partial charge on any atom is -0.457 e. The lowest BCUT2D eigenvalue weighted by atomic mass is 10.1. The lowest BCUT2D eigenvalue weighted by Crippen LogP contribution is -2.37. The molecule has 0 saturated heterocycles. The fraction of sp³-hybridized carbons (Fsp3) is 0.273. The van der Waals surface area contributed by atoms with Crippen molar-refractivity contribution in [3.05, 3.63) is 83.4 Å². The van der Waals surface area contributed by atoms with E-state index in [2.05, 4.69) is 25.7 Å². The molecule has 2 aromatic carbocycles. The molecule has 0 saturated carbocycles. The maximum Gasteiger partial charge on any atom is 0.338 e. The summed E-state index contributed by atoms with van der Waals surface area (Å²) in [6.45, 7) is 3.92. The van der Waals surface area contributed by atoms with Crippen molar-refractivity contribution in [1.82, 2.24) is 25.4 Å². The maximum absolute atomic E-state index is 12.4. The fourth-order valence-electron chi connectivity index (χ4n) is 2.76. The first-order valence-corrected chi connectivity index (χ1v) is 9.80. The molecule has 0 fully saturated rings. The molecule has 0 unspecified atom stereocenters. The first-order chi connectivity index (χ1) is 14.7. The number of hydrogen-bond acceptors (Lipinski definition) is 5. The number of benzene rings is 2. The number of nitrogens with one attached hydrogen (secondary N) is 2. The van der Waals surface area contributed by atoms with E-state index >= 15 is 0 Å². The van der Waals surface area contributed by atoms with Crippen molar-refractivity contribution >= 4 is 35.9 Å². The standard InChI is InChI=1S/C22H26N6O2.HI/c1-3-23-22(25-14-20-26-16-27-28(20)2)24-13-18-10-7-11-19(12-18)21(29)30-15-17-8-5-4-6-9-17;/h4-12,16H,3,13-15H2,1-2H3,(H2,23,24,25);1H. The molecule has 164 valence electrons. The third-order valence-electron chi connectivity index (χ3n) is 4.36. The number of aromatic nitrogens is 3. The number of nitrogens with zero attached hydrogens (tertiary/aromatic N) is 4. The quantitative estimate of drug-likeness (QED) is 0.200. The van der Waals surface area contributed by atoms with Gasteiger partial charge in [-0.05, 0) is 30.2 Å². The fourth-order valence-corrected chi connectivity index (χ4v) is 2.76. The average Bonchev–Trinajstić information content (AvgIpc) is 3.19. The highest BCUT2D eigenvalue weighted by molar-refractivity contribution is 14.0. The molecule has 0 bridgehead atoms. The second-order valence-electron chi connectivity index (χ2n) is 6.61. The van der Waals surface area contributed by atoms with Gasteiger partial charge < -0.3 is 15.4 Å². The lowest BCUT2D eigenvalue weighted by molar-refractivity contribution is 0.0472. The predicted molar refractivity (Wildman–Crippen MR) is 130 cm³/mol. The van der Waals surface area contributed by atoms with Crippen LogP contribution in [0.25, 0.3) is 0 Å². The third kappa shape index (κ3) is 7.67. The zero-order chi connectivity index (χ0) is 21.2. The number of aliphatic imine (C=N–C) groups is 1. The van der Waals surface area contributed by atoms with Gasteiger partial charge in [0.1, 0.15) is 18.8 Å². The van der Waals surface area contributed by atoms with Crippen LogP contribution >= 0.6 is 24.0 Å². The van der Waals surface area contributed by atoms with Gasteiger partial charge in [-0.15, -0.1) is 24.0 Å². The Morgan fingerprint density at radius 3 is 2.58 bits per heavy atom. The number of halogens is 1. The van der Waals surface area contributed by atoms with Crippen LogP contribution < -0.4 is 10.6 Å². The van der Waals surface area contributed by atoms with Crippen LogP contribution in [-0.2, 0) is 31.5 Å². The molecule has 0 radical (unpaired) electrons. The third-order valence-corrected chi connectivity index (χ3v) is 4.36. The number of aryl methyl sites for hydroxylation is 1. The Kier molecular flexibility index (Phi) is 9.95. The van der Waals surface area contributed by atoms with E-state index in [0.717, 1.165) is 23.5 Å². The van der Waals surface area contributed by atoms with Gasteiger partial charge >= 0.3 is 5.97 Å². The van der Waals surface area contributed by atoms with E-state index in [1.807, 2.05) is 62.5 Å². The zero-order valence-corrected chi connectivity index (χ0v) is 19.9. The molecule has 8 nitrogen and oxygen atoms in total. The molecular weight excluding hydrogens is 507 g/mol. The van der Waals surface area contributed by atoms with Crippen LogP contribution in [0.1, 0.15) is 34.2 Å². The van der Waals surface area contributed by atoms with Gasteiger partial charge in [0.05, 0.1) is 18.7 Å². The molecule has 3 aromatic rings. The molecule has 9 heteroatoms. The minimum atomic E-state index is -0.350. The summed E-state index contributed by atoms with van der Waals surface area (Å²) >= 11 is 0. The van der Waals surface area contributed by atoms with E-state index in [9.17, 15) is 4.79 Å². The molecule has 0 aliphatic heterocycles. The lowest BCUT2D eigenvalue weighted by Gasteiger charge is -2.11. The number of esters is 1. The van der Waals surface area contributed by atoms with Gasteiger partial charge in [0.25, 0.3) is 0 Å². The van der Waals surface area contributed by atoms with Crippen LogP contribution in [0.5, 0.6) is 0 Å². The Bertz CT molecular complexity index is 990. The smallest absolute Gasteiger partial charge is 0.338 e. The molecule has 0 aliphatic carbocycles. The monoisotopic (exact) mass is 534 g/mol. The summed E-state index contributed by atoms with van der Waals surface area (Å²) in [6, 6.07) is 16.9. The first-order valence-electron chi connectivity index (χ1n) is 9.80. The van der Waals surface area contributed by atoms with Gasteiger partial charge in [-0.1, -0.05) is 42.5 Å². The molecule has 0 atom stereocenters. The van der Waals surface area contributed by atoms with Gasteiger partial charge in [0, 0.05) is 13.6 Å². The Labute approximate surface area is 199 Å². The number of carbonyl (C=O) groups is 1. The van der Waals surface area contributed by atoms with Gasteiger partial charge in [0.2, 0.25) is 0 Å². The highest BCUT2D eigenvalue weighted by Gasteiger charge is 2.08. The second kappa shape index (κ2) is 12.7. The minimum absolute atomic E-state index is 0. The SMILES string of the molecule is CCNC(=NCc1cccc(C(=O)OCc2ccccc2)c1)NCc1ncnn1C.I. The van der Waals surface area contributed by atoms with Crippen LogP contribution in [-0.4, -0.2) is 33.2 Å². The number of carbonyl (C=O) groups excluding carboxylic acids is 1. The van der Waals surface area contributed by atoms with Crippen LogP contribution in [0.3, 0.4) is 0 Å². The number of guanidine groups is 1. The van der Waals surface area contributed by atoms with Crippen LogP contribution in [0.4, 0.5) is 0 Å². The van der Waals surface area contributed by atoms with Crippen molar-refractivity contribution in [2.75, 3.05) is 6.54 Å². The van der Waals surface area contributed by atoms with Crippen LogP contribution in [0.2, 0.25) is 0 Å². The number of ether oxygens (including phenoxy) is 1. The summed E-state index contributed by atoms with van der Waals surface area (Å²) in [6.07, 6.45) is 1.52. The van der Waals surface area contributed by atoms with Crippen LogP contribution in [0, 0.1) is 0 Å². The van der Waals surface area contributed by atoms with E-state index in [1.54, 1.807) is 10.7 Å².